The van der Waals surface area contributed by atoms with Gasteiger partial charge in [-0.05, 0) is 13.0 Å². The zero-order valence-corrected chi connectivity index (χ0v) is 6.52. The van der Waals surface area contributed by atoms with Crippen LogP contribution in [0.5, 0.6) is 0 Å². The molecule has 0 bridgehead atoms. The Morgan fingerprint density at radius 3 is 2.17 bits per heavy atom. The number of halogens is 3. The lowest BCUT2D eigenvalue weighted by Gasteiger charge is -2.07. The highest BCUT2D eigenvalue weighted by Crippen LogP contribution is 2.28. The second-order valence-electron chi connectivity index (χ2n) is 2.00. The van der Waals surface area contributed by atoms with Crippen LogP contribution in [0.1, 0.15) is 6.92 Å². The van der Waals surface area contributed by atoms with Crippen LogP contribution < -0.4 is 0 Å². The van der Waals surface area contributed by atoms with Crippen LogP contribution in [0.3, 0.4) is 0 Å². The summed E-state index contributed by atoms with van der Waals surface area (Å²) in [7, 11) is 0. The van der Waals surface area contributed by atoms with E-state index in [0.29, 0.717) is 6.08 Å². The van der Waals surface area contributed by atoms with E-state index in [4.69, 9.17) is 5.11 Å². The zero-order valence-electron chi connectivity index (χ0n) is 6.52. The van der Waals surface area contributed by atoms with E-state index in [-0.39, 0.29) is 0 Å². The van der Waals surface area contributed by atoms with Crippen LogP contribution >= 0.6 is 0 Å². The van der Waals surface area contributed by atoms with Crippen molar-refractivity contribution < 1.29 is 18.3 Å². The highest BCUT2D eigenvalue weighted by Gasteiger charge is 2.33. The molecule has 0 unspecified atom stereocenters. The predicted octanol–water partition coefficient (Wildman–Crippen LogP) is 3.12. The van der Waals surface area contributed by atoms with Gasteiger partial charge in [-0.25, -0.2) is 0 Å². The third-order valence-electron chi connectivity index (χ3n) is 1.11. The molecule has 4 heteroatoms. The zero-order chi connectivity index (χ0) is 9.78. The molecule has 0 aliphatic rings. The third kappa shape index (κ3) is 2.82. The SMILES string of the molecule is C=C/C(=C(O)\C=C/C)C(F)(F)F. The summed E-state index contributed by atoms with van der Waals surface area (Å²) in [4.78, 5) is 0. The average molecular weight is 178 g/mol. The second kappa shape index (κ2) is 3.99. The molecule has 12 heavy (non-hydrogen) atoms. The lowest BCUT2D eigenvalue weighted by molar-refractivity contribution is -0.0904. The van der Waals surface area contributed by atoms with Gasteiger partial charge in [-0.2, -0.15) is 13.2 Å². The van der Waals surface area contributed by atoms with Gasteiger partial charge < -0.3 is 5.11 Å². The van der Waals surface area contributed by atoms with Crippen molar-refractivity contribution in [2.75, 3.05) is 0 Å². The van der Waals surface area contributed by atoms with Gasteiger partial charge in [0, 0.05) is 0 Å². The molecule has 68 valence electrons. The van der Waals surface area contributed by atoms with Crippen LogP contribution in [0, 0.1) is 0 Å². The van der Waals surface area contributed by atoms with Crippen LogP contribution in [0.2, 0.25) is 0 Å². The van der Waals surface area contributed by atoms with Crippen molar-refractivity contribution in [1.82, 2.24) is 0 Å². The van der Waals surface area contributed by atoms with Crippen molar-refractivity contribution in [1.29, 1.82) is 0 Å². The van der Waals surface area contributed by atoms with E-state index in [1.807, 2.05) is 0 Å². The summed E-state index contributed by atoms with van der Waals surface area (Å²) in [6.45, 7) is 4.47. The summed E-state index contributed by atoms with van der Waals surface area (Å²) in [5.74, 6) is -0.819. The van der Waals surface area contributed by atoms with Crippen LogP contribution in [0.25, 0.3) is 0 Å². The maximum absolute atomic E-state index is 12.0. The maximum Gasteiger partial charge on any atom is 0.419 e. The third-order valence-corrected chi connectivity index (χ3v) is 1.11. The molecule has 0 aliphatic carbocycles. The standard InChI is InChI=1S/C8H9F3O/c1-3-5-7(12)6(4-2)8(9,10)11/h3-5,12H,2H2,1H3/b5-3-,7-6-. The topological polar surface area (TPSA) is 20.2 Å². The van der Waals surface area contributed by atoms with Crippen LogP contribution in [0.4, 0.5) is 13.2 Å². The number of alkyl halides is 3. The number of hydrogen-bond acceptors (Lipinski definition) is 1. The Morgan fingerprint density at radius 1 is 1.42 bits per heavy atom. The van der Waals surface area contributed by atoms with Gasteiger partial charge in [-0.1, -0.05) is 18.7 Å². The van der Waals surface area contributed by atoms with E-state index < -0.39 is 17.5 Å². The first-order valence-corrected chi connectivity index (χ1v) is 3.19. The molecule has 0 aromatic rings. The Kier molecular flexibility index (Phi) is 3.60. The minimum atomic E-state index is -4.55. The van der Waals surface area contributed by atoms with Gasteiger partial charge in [-0.15, -0.1) is 0 Å². The van der Waals surface area contributed by atoms with Crippen molar-refractivity contribution >= 4 is 0 Å². The van der Waals surface area contributed by atoms with Gasteiger partial charge in [-0.3, -0.25) is 0 Å². The highest BCUT2D eigenvalue weighted by atomic mass is 19.4. The summed E-state index contributed by atoms with van der Waals surface area (Å²) in [5.41, 5.74) is -1.12. The molecule has 0 rings (SSSR count). The highest BCUT2D eigenvalue weighted by molar-refractivity contribution is 5.30. The summed E-state index contributed by atoms with van der Waals surface area (Å²) >= 11 is 0. The molecule has 0 spiro atoms. The fourth-order valence-corrected chi connectivity index (χ4v) is 0.613. The number of aliphatic hydroxyl groups excluding tert-OH is 1. The number of rotatable bonds is 2. The number of aliphatic hydroxyl groups is 1. The maximum atomic E-state index is 12.0. The molecule has 1 nitrogen and oxygen atoms in total. The Balaban J connectivity index is 5.00. The van der Waals surface area contributed by atoms with E-state index in [0.717, 1.165) is 6.08 Å². The normalized spacial score (nSPS) is 14.7. The number of hydrogen-bond donors (Lipinski definition) is 1. The van der Waals surface area contributed by atoms with Crippen LogP contribution in [-0.2, 0) is 0 Å². The second-order valence-corrected chi connectivity index (χ2v) is 2.00. The quantitative estimate of drug-likeness (QED) is 0.508. The largest absolute Gasteiger partial charge is 0.507 e. The molecule has 0 atom stereocenters. The molecule has 0 heterocycles. The van der Waals surface area contributed by atoms with Gasteiger partial charge >= 0.3 is 6.18 Å². The average Bonchev–Trinajstić information content (AvgIpc) is 1.85. The summed E-state index contributed by atoms with van der Waals surface area (Å²) in [5, 5.41) is 8.85. The molecule has 1 N–H and O–H groups in total. The minimum Gasteiger partial charge on any atom is -0.507 e. The Labute approximate surface area is 68.5 Å². The molecule has 0 aliphatic heterocycles. The first-order valence-electron chi connectivity index (χ1n) is 3.19. The Hall–Kier alpha value is -1.19. The fourth-order valence-electron chi connectivity index (χ4n) is 0.613. The van der Waals surface area contributed by atoms with Crippen molar-refractivity contribution in [3.63, 3.8) is 0 Å². The van der Waals surface area contributed by atoms with Crippen LogP contribution in [0.15, 0.2) is 36.1 Å². The lowest BCUT2D eigenvalue weighted by atomic mass is 10.2. The van der Waals surface area contributed by atoms with E-state index >= 15 is 0 Å². The molecule has 0 amide bonds. The van der Waals surface area contributed by atoms with E-state index in [2.05, 4.69) is 6.58 Å². The summed E-state index contributed by atoms with van der Waals surface area (Å²) in [6.07, 6.45) is -1.70. The lowest BCUT2D eigenvalue weighted by Crippen LogP contribution is -2.11. The molecule has 0 aromatic carbocycles. The van der Waals surface area contributed by atoms with Crippen molar-refractivity contribution in [3.8, 4) is 0 Å². The van der Waals surface area contributed by atoms with E-state index in [9.17, 15) is 13.2 Å². The van der Waals surface area contributed by atoms with Gasteiger partial charge in [0.2, 0.25) is 0 Å². The fraction of sp³-hybridized carbons (Fsp3) is 0.250. The van der Waals surface area contributed by atoms with Gasteiger partial charge in [0.25, 0.3) is 0 Å². The summed E-state index contributed by atoms with van der Waals surface area (Å²) < 4.78 is 35.9. The van der Waals surface area contributed by atoms with Crippen molar-refractivity contribution in [3.05, 3.63) is 36.1 Å². The minimum absolute atomic E-state index is 0.579. The van der Waals surface area contributed by atoms with Crippen molar-refractivity contribution in [2.24, 2.45) is 0 Å². The number of allylic oxidation sites excluding steroid dienone is 4. The smallest absolute Gasteiger partial charge is 0.419 e. The molecular weight excluding hydrogens is 169 g/mol. The summed E-state index contributed by atoms with van der Waals surface area (Å²) in [6, 6.07) is 0. The molecule has 0 aromatic heterocycles. The van der Waals surface area contributed by atoms with Crippen molar-refractivity contribution in [2.45, 2.75) is 13.1 Å². The van der Waals surface area contributed by atoms with Crippen LogP contribution in [-0.4, -0.2) is 11.3 Å². The predicted molar refractivity (Wildman–Crippen MR) is 40.7 cm³/mol. The first kappa shape index (κ1) is 10.8. The monoisotopic (exact) mass is 178 g/mol. The molecule has 0 radical (unpaired) electrons. The van der Waals surface area contributed by atoms with E-state index in [1.54, 1.807) is 0 Å². The molecule has 0 saturated heterocycles. The van der Waals surface area contributed by atoms with Gasteiger partial charge in [0.1, 0.15) is 5.76 Å². The Morgan fingerprint density at radius 2 is 1.92 bits per heavy atom. The van der Waals surface area contributed by atoms with E-state index in [1.165, 1.54) is 13.0 Å². The molecule has 0 saturated carbocycles. The molecule has 0 fully saturated rings. The molecular formula is C8H9F3O. The first-order chi connectivity index (χ1) is 5.43. The Bertz CT molecular complexity index is 223. The van der Waals surface area contributed by atoms with Gasteiger partial charge in [0.15, 0.2) is 0 Å². The van der Waals surface area contributed by atoms with Gasteiger partial charge in [0.05, 0.1) is 5.57 Å².